The summed E-state index contributed by atoms with van der Waals surface area (Å²) >= 11 is 11.9. The van der Waals surface area contributed by atoms with Crippen molar-refractivity contribution < 1.29 is 4.79 Å². The summed E-state index contributed by atoms with van der Waals surface area (Å²) in [7, 11) is 2.07. The van der Waals surface area contributed by atoms with Gasteiger partial charge in [-0.05, 0) is 30.8 Å². The van der Waals surface area contributed by atoms with Crippen LogP contribution in [0.3, 0.4) is 0 Å². The molecular formula is C18H19Cl2N3O. The minimum Gasteiger partial charge on any atom is -0.315 e. The van der Waals surface area contributed by atoms with Crippen molar-refractivity contribution in [2.45, 2.75) is 6.04 Å². The molecule has 0 aliphatic carbocycles. The molecule has 0 radical (unpaired) electrons. The van der Waals surface area contributed by atoms with Gasteiger partial charge in [0.1, 0.15) is 0 Å². The molecule has 0 saturated carbocycles. The summed E-state index contributed by atoms with van der Waals surface area (Å²) in [6.07, 6.45) is 0. The number of halogens is 2. The molecule has 1 saturated heterocycles. The Labute approximate surface area is 152 Å². The summed E-state index contributed by atoms with van der Waals surface area (Å²) in [5, 5.41) is 3.81. The van der Waals surface area contributed by atoms with E-state index in [1.165, 1.54) is 0 Å². The minimum absolute atomic E-state index is 0.0210. The number of benzene rings is 2. The van der Waals surface area contributed by atoms with Crippen LogP contribution in [0.4, 0.5) is 10.5 Å². The maximum atomic E-state index is 12.8. The first-order chi connectivity index (χ1) is 11.5. The summed E-state index contributed by atoms with van der Waals surface area (Å²) in [6, 6.07) is 15.1. The maximum Gasteiger partial charge on any atom is 0.322 e. The number of carbonyl (C=O) groups is 1. The van der Waals surface area contributed by atoms with Gasteiger partial charge in [-0.1, -0.05) is 53.5 Å². The SMILES string of the molecule is CN1CCN(C(=O)Nc2ccc(Cl)c(Cl)c2)C(c2ccccc2)C1. The van der Waals surface area contributed by atoms with Gasteiger partial charge in [0.15, 0.2) is 0 Å². The van der Waals surface area contributed by atoms with Gasteiger partial charge in [0.2, 0.25) is 0 Å². The van der Waals surface area contributed by atoms with E-state index in [1.54, 1.807) is 18.2 Å². The second-order valence-corrected chi connectivity index (χ2v) is 6.76. The molecule has 1 heterocycles. The van der Waals surface area contributed by atoms with Crippen molar-refractivity contribution in [2.24, 2.45) is 0 Å². The first kappa shape index (κ1) is 17.1. The molecule has 6 heteroatoms. The summed E-state index contributed by atoms with van der Waals surface area (Å²) in [4.78, 5) is 16.9. The molecule has 126 valence electrons. The van der Waals surface area contributed by atoms with E-state index in [2.05, 4.69) is 29.4 Å². The molecule has 3 rings (SSSR count). The van der Waals surface area contributed by atoms with Crippen molar-refractivity contribution in [3.05, 3.63) is 64.1 Å². The molecule has 4 nitrogen and oxygen atoms in total. The molecule has 0 bridgehead atoms. The van der Waals surface area contributed by atoms with Crippen molar-refractivity contribution in [1.29, 1.82) is 0 Å². The largest absolute Gasteiger partial charge is 0.322 e. The highest BCUT2D eigenvalue weighted by molar-refractivity contribution is 6.42. The van der Waals surface area contributed by atoms with E-state index < -0.39 is 0 Å². The lowest BCUT2D eigenvalue weighted by Crippen LogP contribution is -2.50. The van der Waals surface area contributed by atoms with Gasteiger partial charge in [0, 0.05) is 25.3 Å². The Balaban J connectivity index is 1.79. The van der Waals surface area contributed by atoms with Crippen LogP contribution in [0.2, 0.25) is 10.0 Å². The Morgan fingerprint density at radius 2 is 1.83 bits per heavy atom. The lowest BCUT2D eigenvalue weighted by atomic mass is 10.0. The molecule has 0 aromatic heterocycles. The van der Waals surface area contributed by atoms with Gasteiger partial charge in [-0.25, -0.2) is 4.79 Å². The van der Waals surface area contributed by atoms with E-state index in [1.807, 2.05) is 23.1 Å². The van der Waals surface area contributed by atoms with Crippen LogP contribution in [0.15, 0.2) is 48.5 Å². The zero-order valence-electron chi connectivity index (χ0n) is 13.4. The third-order valence-electron chi connectivity index (χ3n) is 4.20. The van der Waals surface area contributed by atoms with E-state index >= 15 is 0 Å². The van der Waals surface area contributed by atoms with Gasteiger partial charge in [-0.2, -0.15) is 0 Å². The van der Waals surface area contributed by atoms with Crippen LogP contribution in [-0.2, 0) is 0 Å². The number of nitrogens with one attached hydrogen (secondary N) is 1. The molecule has 24 heavy (non-hydrogen) atoms. The number of rotatable bonds is 2. The minimum atomic E-state index is -0.129. The Hall–Kier alpha value is -1.75. The van der Waals surface area contributed by atoms with Gasteiger partial charge in [0.05, 0.1) is 16.1 Å². The van der Waals surface area contributed by atoms with Crippen molar-refractivity contribution in [3.63, 3.8) is 0 Å². The lowest BCUT2D eigenvalue weighted by molar-refractivity contribution is 0.117. The molecule has 2 amide bonds. The van der Waals surface area contributed by atoms with Gasteiger partial charge in [-0.15, -0.1) is 0 Å². The Kier molecular flexibility index (Phi) is 5.29. The summed E-state index contributed by atoms with van der Waals surface area (Å²) in [5.41, 5.74) is 1.77. The summed E-state index contributed by atoms with van der Waals surface area (Å²) in [6.45, 7) is 2.32. The third-order valence-corrected chi connectivity index (χ3v) is 4.94. The van der Waals surface area contributed by atoms with Crippen molar-refractivity contribution in [2.75, 3.05) is 32.0 Å². The number of carbonyl (C=O) groups excluding carboxylic acids is 1. The average molecular weight is 364 g/mol. The van der Waals surface area contributed by atoms with Crippen LogP contribution < -0.4 is 5.32 Å². The topological polar surface area (TPSA) is 35.6 Å². The molecule has 1 atom stereocenters. The molecule has 1 aliphatic rings. The molecule has 0 spiro atoms. The molecule has 2 aromatic carbocycles. The quantitative estimate of drug-likeness (QED) is 0.851. The molecule has 1 aliphatic heterocycles. The van der Waals surface area contributed by atoms with E-state index in [9.17, 15) is 4.79 Å². The highest BCUT2D eigenvalue weighted by Gasteiger charge is 2.30. The number of piperazine rings is 1. The Morgan fingerprint density at radius 3 is 2.54 bits per heavy atom. The zero-order valence-corrected chi connectivity index (χ0v) is 14.9. The first-order valence-corrected chi connectivity index (χ1v) is 8.56. The van der Waals surface area contributed by atoms with Crippen molar-refractivity contribution in [1.82, 2.24) is 9.80 Å². The van der Waals surface area contributed by atoms with Crippen LogP contribution in [0.1, 0.15) is 11.6 Å². The van der Waals surface area contributed by atoms with Crippen LogP contribution in [0, 0.1) is 0 Å². The van der Waals surface area contributed by atoms with E-state index in [4.69, 9.17) is 23.2 Å². The predicted octanol–water partition coefficient (Wildman–Crippen LogP) is 4.51. The fourth-order valence-electron chi connectivity index (χ4n) is 2.89. The van der Waals surface area contributed by atoms with Crippen LogP contribution >= 0.6 is 23.2 Å². The summed E-state index contributed by atoms with van der Waals surface area (Å²) < 4.78 is 0. The molecule has 1 fully saturated rings. The summed E-state index contributed by atoms with van der Waals surface area (Å²) in [5.74, 6) is 0. The lowest BCUT2D eigenvalue weighted by Gasteiger charge is -2.40. The van der Waals surface area contributed by atoms with Gasteiger partial charge in [0.25, 0.3) is 0 Å². The number of hydrogen-bond donors (Lipinski definition) is 1. The molecule has 1 unspecified atom stereocenters. The van der Waals surface area contributed by atoms with E-state index in [0.717, 1.165) is 18.7 Å². The average Bonchev–Trinajstić information content (AvgIpc) is 2.59. The van der Waals surface area contributed by atoms with E-state index in [0.29, 0.717) is 22.3 Å². The second kappa shape index (κ2) is 7.43. The maximum absolute atomic E-state index is 12.8. The normalized spacial score (nSPS) is 18.5. The molecule has 1 N–H and O–H groups in total. The highest BCUT2D eigenvalue weighted by atomic mass is 35.5. The fraction of sp³-hybridized carbons (Fsp3) is 0.278. The molecule has 2 aromatic rings. The van der Waals surface area contributed by atoms with E-state index in [-0.39, 0.29) is 12.1 Å². The number of amides is 2. The second-order valence-electron chi connectivity index (χ2n) is 5.94. The van der Waals surface area contributed by atoms with Crippen LogP contribution in [0.25, 0.3) is 0 Å². The fourth-order valence-corrected chi connectivity index (χ4v) is 3.19. The van der Waals surface area contributed by atoms with Crippen LogP contribution in [0.5, 0.6) is 0 Å². The highest BCUT2D eigenvalue weighted by Crippen LogP contribution is 2.28. The van der Waals surface area contributed by atoms with Gasteiger partial charge < -0.3 is 15.1 Å². The van der Waals surface area contributed by atoms with Crippen LogP contribution in [-0.4, -0.2) is 42.5 Å². The monoisotopic (exact) mass is 363 g/mol. The van der Waals surface area contributed by atoms with Crippen molar-refractivity contribution in [3.8, 4) is 0 Å². The predicted molar refractivity (Wildman–Crippen MR) is 98.9 cm³/mol. The number of anilines is 1. The number of nitrogens with zero attached hydrogens (tertiary/aromatic N) is 2. The van der Waals surface area contributed by atoms with Crippen molar-refractivity contribution >= 4 is 34.9 Å². The number of urea groups is 1. The van der Waals surface area contributed by atoms with Gasteiger partial charge in [-0.3, -0.25) is 0 Å². The number of hydrogen-bond acceptors (Lipinski definition) is 2. The smallest absolute Gasteiger partial charge is 0.315 e. The zero-order chi connectivity index (χ0) is 17.1. The first-order valence-electron chi connectivity index (χ1n) is 7.81. The number of likely N-dealkylation sites (N-methyl/N-ethyl adjacent to an activating group) is 1. The Morgan fingerprint density at radius 1 is 1.08 bits per heavy atom. The van der Waals surface area contributed by atoms with Gasteiger partial charge >= 0.3 is 6.03 Å². The third kappa shape index (κ3) is 3.83. The standard InChI is InChI=1S/C18H19Cl2N3O/c1-22-9-10-23(17(12-22)13-5-3-2-4-6-13)18(24)21-14-7-8-15(19)16(20)11-14/h2-8,11,17H,9-10,12H2,1H3,(H,21,24). The molecular weight excluding hydrogens is 345 g/mol. The Bertz CT molecular complexity index is 723.